The van der Waals surface area contributed by atoms with Gasteiger partial charge in [0.1, 0.15) is 21.6 Å². The fraction of sp³-hybridized carbons (Fsp3) is 0.500. The first-order valence-corrected chi connectivity index (χ1v) is 9.60. The summed E-state index contributed by atoms with van der Waals surface area (Å²) >= 11 is 1.41. The average Bonchev–Trinajstić information content (AvgIpc) is 2.99. The molecule has 1 aliphatic rings. The van der Waals surface area contributed by atoms with E-state index in [-0.39, 0.29) is 6.41 Å². The Hall–Kier alpha value is -2.37. The number of carbonyl (C=O) groups is 1. The summed E-state index contributed by atoms with van der Waals surface area (Å²) in [6.45, 7) is 4.20. The second kappa shape index (κ2) is 9.36. The second-order valence-corrected chi connectivity index (χ2v) is 7.21. The summed E-state index contributed by atoms with van der Waals surface area (Å²) in [6, 6.07) is 4.98. The molecule has 0 bridgehead atoms. The smallest absolute Gasteiger partial charge is 0.204 e. The maximum absolute atomic E-state index is 9.25. The topological polar surface area (TPSA) is 121 Å². The van der Waals surface area contributed by atoms with Gasteiger partial charge in [0.15, 0.2) is 0 Å². The lowest BCUT2D eigenvalue weighted by Crippen LogP contribution is -2.41. The number of nitrogen functional groups attached to an aromatic ring is 1. The van der Waals surface area contributed by atoms with Crippen molar-refractivity contribution in [3.05, 3.63) is 16.5 Å². The number of nitrogens with one attached hydrogen (secondary N) is 1. The van der Waals surface area contributed by atoms with Crippen LogP contribution in [0.2, 0.25) is 0 Å². The van der Waals surface area contributed by atoms with Crippen molar-refractivity contribution in [2.45, 2.75) is 38.6 Å². The minimum absolute atomic E-state index is 0.250. The Kier molecular flexibility index (Phi) is 7.18. The molecule has 0 aromatic carbocycles. The summed E-state index contributed by atoms with van der Waals surface area (Å²) in [5.74, 6) is 1.03. The molecule has 8 heteroatoms. The molecular formula is C18H26N6OS. The molecule has 26 heavy (non-hydrogen) atoms. The number of hydrogen-bond donors (Lipinski definition) is 3. The van der Waals surface area contributed by atoms with Gasteiger partial charge in [-0.15, -0.1) is 11.3 Å². The molecule has 0 aliphatic carbocycles. The largest absolute Gasteiger partial charge is 0.396 e. The van der Waals surface area contributed by atoms with Crippen molar-refractivity contribution in [2.75, 3.05) is 30.8 Å². The summed E-state index contributed by atoms with van der Waals surface area (Å²) in [4.78, 5) is 17.2. The number of aromatic nitrogens is 1. The number of nitrogens with two attached hydrogens (primary N) is 2. The van der Waals surface area contributed by atoms with Crippen LogP contribution in [0.1, 0.15) is 36.6 Å². The van der Waals surface area contributed by atoms with E-state index < -0.39 is 0 Å². The molecule has 7 nitrogen and oxygen atoms in total. The van der Waals surface area contributed by atoms with Gasteiger partial charge in [0.2, 0.25) is 6.41 Å². The van der Waals surface area contributed by atoms with Crippen molar-refractivity contribution in [2.24, 2.45) is 5.73 Å². The Morgan fingerprint density at radius 3 is 2.69 bits per heavy atom. The quantitative estimate of drug-likeness (QED) is 0.704. The van der Waals surface area contributed by atoms with Gasteiger partial charge >= 0.3 is 0 Å². The monoisotopic (exact) mass is 374 g/mol. The number of piperidine rings is 1. The molecule has 0 spiro atoms. The van der Waals surface area contributed by atoms with E-state index in [1.807, 2.05) is 7.05 Å². The van der Waals surface area contributed by atoms with Crippen LogP contribution in [0, 0.1) is 11.3 Å². The molecule has 5 N–H and O–H groups in total. The van der Waals surface area contributed by atoms with Crippen LogP contribution in [0.3, 0.4) is 0 Å². The summed E-state index contributed by atoms with van der Waals surface area (Å²) in [6.07, 6.45) is 4.53. The van der Waals surface area contributed by atoms with Crippen LogP contribution >= 0.6 is 11.3 Å². The minimum atomic E-state index is 0.250. The van der Waals surface area contributed by atoms with Gasteiger partial charge in [-0.25, -0.2) is 4.98 Å². The molecule has 1 saturated heterocycles. The van der Waals surface area contributed by atoms with Gasteiger partial charge in [0.05, 0.1) is 5.69 Å². The minimum Gasteiger partial charge on any atom is -0.396 e. The fourth-order valence-corrected chi connectivity index (χ4v) is 4.23. The number of primary amides is 1. The summed E-state index contributed by atoms with van der Waals surface area (Å²) in [5, 5.41) is 13.6. The van der Waals surface area contributed by atoms with Gasteiger partial charge < -0.3 is 21.7 Å². The average molecular weight is 375 g/mol. The van der Waals surface area contributed by atoms with Crippen LogP contribution in [0.5, 0.6) is 0 Å². The third-order valence-corrected chi connectivity index (χ3v) is 5.62. The van der Waals surface area contributed by atoms with Gasteiger partial charge in [-0.05, 0) is 37.9 Å². The van der Waals surface area contributed by atoms with Crippen LogP contribution in [-0.2, 0) is 11.2 Å². The Morgan fingerprint density at radius 1 is 1.50 bits per heavy atom. The number of nitrogens with zero attached hydrogens (tertiary/aromatic N) is 3. The van der Waals surface area contributed by atoms with Gasteiger partial charge in [0, 0.05) is 24.5 Å². The second-order valence-electron chi connectivity index (χ2n) is 6.21. The maximum atomic E-state index is 9.25. The van der Waals surface area contributed by atoms with Crippen molar-refractivity contribution >= 4 is 39.5 Å². The first-order chi connectivity index (χ1) is 12.6. The number of anilines is 2. The number of amides is 1. The zero-order chi connectivity index (χ0) is 19.1. The number of aryl methyl sites for hydroxylation is 1. The van der Waals surface area contributed by atoms with E-state index in [9.17, 15) is 5.26 Å². The zero-order valence-electron chi connectivity index (χ0n) is 15.3. The van der Waals surface area contributed by atoms with Crippen LogP contribution in [0.4, 0.5) is 11.5 Å². The molecule has 3 rings (SSSR count). The predicted molar refractivity (Wildman–Crippen MR) is 107 cm³/mol. The van der Waals surface area contributed by atoms with Gasteiger partial charge in [0.25, 0.3) is 0 Å². The van der Waals surface area contributed by atoms with Crippen molar-refractivity contribution in [3.8, 4) is 6.07 Å². The van der Waals surface area contributed by atoms with Crippen molar-refractivity contribution < 1.29 is 4.79 Å². The first-order valence-electron chi connectivity index (χ1n) is 8.79. The highest BCUT2D eigenvalue weighted by atomic mass is 32.1. The van der Waals surface area contributed by atoms with Crippen molar-refractivity contribution in [1.82, 2.24) is 10.3 Å². The molecule has 1 aliphatic heterocycles. The lowest BCUT2D eigenvalue weighted by atomic mass is 10.0. The van der Waals surface area contributed by atoms with Gasteiger partial charge in [-0.1, -0.05) is 13.3 Å². The molecule has 2 aromatic rings. The number of nitriles is 1. The molecular weight excluding hydrogens is 348 g/mol. The molecule has 1 fully saturated rings. The highest BCUT2D eigenvalue weighted by molar-refractivity contribution is 7.19. The number of pyridine rings is 1. The van der Waals surface area contributed by atoms with Crippen LogP contribution in [0.15, 0.2) is 6.07 Å². The predicted octanol–water partition coefficient (Wildman–Crippen LogP) is 1.99. The zero-order valence-corrected chi connectivity index (χ0v) is 16.1. The van der Waals surface area contributed by atoms with Crippen molar-refractivity contribution in [1.29, 1.82) is 5.26 Å². The number of fused-ring (bicyclic) bond motifs is 1. The summed E-state index contributed by atoms with van der Waals surface area (Å²) < 4.78 is 0. The van der Waals surface area contributed by atoms with E-state index in [1.54, 1.807) is 0 Å². The normalized spacial score (nSPS) is 14.6. The molecule has 0 atom stereocenters. The standard InChI is InChI=1S/C17H23N5S.CH3NO/c1-3-4-11-9-14(22-7-5-12(20-2)6-8-22)21-17-15(11)16(19)13(10-18)23-17;2-1-3/h9,12,20H,3-8,19H2,1-2H3;1H,(H2,2,3). The number of hydrogen-bond acceptors (Lipinski definition) is 7. The molecule has 3 heterocycles. The van der Waals surface area contributed by atoms with Crippen LogP contribution in [-0.4, -0.2) is 37.6 Å². The van der Waals surface area contributed by atoms with E-state index in [2.05, 4.69) is 35.0 Å². The molecule has 2 aromatic heterocycles. The van der Waals surface area contributed by atoms with Crippen molar-refractivity contribution in [3.63, 3.8) is 0 Å². The van der Waals surface area contributed by atoms with E-state index in [0.717, 1.165) is 54.8 Å². The number of carbonyl (C=O) groups excluding carboxylic acids is 1. The highest BCUT2D eigenvalue weighted by Gasteiger charge is 2.21. The summed E-state index contributed by atoms with van der Waals surface area (Å²) in [7, 11) is 2.03. The molecule has 140 valence electrons. The van der Waals surface area contributed by atoms with E-state index in [1.165, 1.54) is 16.9 Å². The number of thiophene rings is 1. The van der Waals surface area contributed by atoms with E-state index in [0.29, 0.717) is 16.6 Å². The van der Waals surface area contributed by atoms with Crippen LogP contribution in [0.25, 0.3) is 10.2 Å². The Labute approximate surface area is 158 Å². The van der Waals surface area contributed by atoms with Crippen LogP contribution < -0.4 is 21.7 Å². The SMILES string of the molecule is CCCc1cc(N2CCC(NC)CC2)nc2sc(C#N)c(N)c12.NC=O. The number of rotatable bonds is 4. The third kappa shape index (κ3) is 4.23. The molecule has 0 saturated carbocycles. The lowest BCUT2D eigenvalue weighted by molar-refractivity contribution is -0.106. The van der Waals surface area contributed by atoms with E-state index >= 15 is 0 Å². The van der Waals surface area contributed by atoms with Gasteiger partial charge in [-0.3, -0.25) is 4.79 Å². The Bertz CT molecular complexity index is 789. The molecule has 1 amide bonds. The lowest BCUT2D eigenvalue weighted by Gasteiger charge is -2.32. The third-order valence-electron chi connectivity index (χ3n) is 4.62. The highest BCUT2D eigenvalue weighted by Crippen LogP contribution is 2.37. The van der Waals surface area contributed by atoms with Gasteiger partial charge in [-0.2, -0.15) is 5.26 Å². The van der Waals surface area contributed by atoms with E-state index in [4.69, 9.17) is 15.5 Å². The Morgan fingerprint density at radius 2 is 2.15 bits per heavy atom. The Balaban J connectivity index is 0.000000758. The first kappa shape index (κ1) is 19.9. The molecule has 0 unspecified atom stereocenters. The summed E-state index contributed by atoms with van der Waals surface area (Å²) in [5.41, 5.74) is 12.2. The maximum Gasteiger partial charge on any atom is 0.204 e. The molecule has 0 radical (unpaired) electrons. The fourth-order valence-electron chi connectivity index (χ4n) is 3.29.